The molecule has 0 radical (unpaired) electrons. The van der Waals surface area contributed by atoms with E-state index in [1.165, 1.54) is 12.1 Å². The number of anilines is 1. The Bertz CT molecular complexity index is 1280. The van der Waals surface area contributed by atoms with E-state index < -0.39 is 0 Å². The summed E-state index contributed by atoms with van der Waals surface area (Å²) in [5.41, 5.74) is 4.22. The summed E-state index contributed by atoms with van der Waals surface area (Å²) in [7, 11) is 0. The summed E-state index contributed by atoms with van der Waals surface area (Å²) >= 11 is 1.55. The van der Waals surface area contributed by atoms with Gasteiger partial charge in [-0.2, -0.15) is 5.10 Å². The minimum absolute atomic E-state index is 0.0550. The predicted molar refractivity (Wildman–Crippen MR) is 143 cm³/mol. The van der Waals surface area contributed by atoms with Crippen LogP contribution in [0, 0.1) is 12.7 Å². The number of aryl methyl sites for hydroxylation is 1. The van der Waals surface area contributed by atoms with E-state index in [9.17, 15) is 14.0 Å². The Morgan fingerprint density at radius 2 is 1.89 bits per heavy atom. The van der Waals surface area contributed by atoms with Crippen LogP contribution in [0.25, 0.3) is 5.69 Å². The maximum Gasteiger partial charge on any atom is 0.240 e. The number of carbonyl (C=O) groups is 2. The largest absolute Gasteiger partial charge is 0.352 e. The van der Waals surface area contributed by atoms with Gasteiger partial charge in [-0.3, -0.25) is 14.5 Å². The van der Waals surface area contributed by atoms with Gasteiger partial charge in [-0.25, -0.2) is 9.07 Å². The third kappa shape index (κ3) is 5.33. The number of halogens is 1. The lowest BCUT2D eigenvalue weighted by atomic mass is 9.87. The first-order chi connectivity index (χ1) is 17.0. The Morgan fingerprint density at radius 1 is 1.19 bits per heavy atom. The fraction of sp³-hybridized carbons (Fsp3) is 0.393. The van der Waals surface area contributed by atoms with Crippen LogP contribution in [0.4, 0.5) is 10.2 Å². The Kier molecular flexibility index (Phi) is 7.27. The van der Waals surface area contributed by atoms with Crippen LogP contribution in [0.15, 0.2) is 48.5 Å². The average molecular weight is 509 g/mol. The number of hydrogen-bond donors (Lipinski definition) is 1. The summed E-state index contributed by atoms with van der Waals surface area (Å²) in [5.74, 6) is 0.0128. The van der Waals surface area contributed by atoms with E-state index in [0.717, 1.165) is 22.4 Å². The Labute approximate surface area is 216 Å². The van der Waals surface area contributed by atoms with E-state index in [2.05, 4.69) is 38.2 Å². The van der Waals surface area contributed by atoms with Crippen molar-refractivity contribution in [1.82, 2.24) is 15.1 Å². The number of aromatic nitrogens is 2. The molecule has 1 atom stereocenters. The molecule has 2 heterocycles. The monoisotopic (exact) mass is 508 g/mol. The van der Waals surface area contributed by atoms with Crippen molar-refractivity contribution in [3.63, 3.8) is 0 Å². The third-order valence-electron chi connectivity index (χ3n) is 5.97. The van der Waals surface area contributed by atoms with E-state index >= 15 is 0 Å². The van der Waals surface area contributed by atoms with Gasteiger partial charge >= 0.3 is 0 Å². The van der Waals surface area contributed by atoms with Crippen LogP contribution in [-0.4, -0.2) is 39.9 Å². The topological polar surface area (TPSA) is 67.2 Å². The Hall–Kier alpha value is -3.13. The number of benzene rings is 2. The highest BCUT2D eigenvalue weighted by Gasteiger charge is 2.40. The quantitative estimate of drug-likeness (QED) is 0.507. The molecule has 36 heavy (non-hydrogen) atoms. The molecule has 1 aliphatic rings. The summed E-state index contributed by atoms with van der Waals surface area (Å²) in [6, 6.07) is 14.3. The molecule has 0 aliphatic carbocycles. The number of fused-ring (bicyclic) bond motifs is 1. The minimum atomic E-state index is -0.356. The van der Waals surface area contributed by atoms with E-state index in [-0.39, 0.29) is 46.6 Å². The fourth-order valence-corrected chi connectivity index (χ4v) is 5.63. The van der Waals surface area contributed by atoms with Gasteiger partial charge in [0.25, 0.3) is 0 Å². The summed E-state index contributed by atoms with van der Waals surface area (Å²) in [6.07, 6.45) is 0. The highest BCUT2D eigenvalue weighted by molar-refractivity contribution is 8.00. The lowest BCUT2D eigenvalue weighted by Crippen LogP contribution is -2.44. The molecule has 1 aromatic heterocycles. The Balaban J connectivity index is 2.01. The van der Waals surface area contributed by atoms with Gasteiger partial charge < -0.3 is 5.32 Å². The van der Waals surface area contributed by atoms with Gasteiger partial charge in [0.15, 0.2) is 0 Å². The van der Waals surface area contributed by atoms with Gasteiger partial charge in [-0.1, -0.05) is 50.6 Å². The molecule has 4 rings (SSSR count). The number of amides is 2. The van der Waals surface area contributed by atoms with E-state index in [0.29, 0.717) is 11.5 Å². The van der Waals surface area contributed by atoms with Crippen molar-refractivity contribution in [2.45, 2.75) is 58.2 Å². The van der Waals surface area contributed by atoms with Crippen LogP contribution in [0.2, 0.25) is 0 Å². The second kappa shape index (κ2) is 10.1. The molecule has 3 aromatic rings. The van der Waals surface area contributed by atoms with Crippen molar-refractivity contribution in [3.05, 3.63) is 76.7 Å². The number of carbonyl (C=O) groups excluding carboxylic acids is 2. The standard InChI is InChI=1S/C28H33FN4O2S/c1-17(2)30-22(34)15-32-23(35)16-36-25(19-9-7-8-18(3)14-19)24-26(28(4,5)6)31-33(27(24)32)21-12-10-20(29)11-13-21/h7-14,17,25H,15-16H2,1-6H3,(H,30,34). The van der Waals surface area contributed by atoms with Crippen molar-refractivity contribution >= 4 is 29.4 Å². The van der Waals surface area contributed by atoms with E-state index in [1.54, 1.807) is 33.5 Å². The van der Waals surface area contributed by atoms with Crippen molar-refractivity contribution in [2.75, 3.05) is 17.2 Å². The van der Waals surface area contributed by atoms with Gasteiger partial charge in [0.05, 0.1) is 22.4 Å². The van der Waals surface area contributed by atoms with E-state index in [1.807, 2.05) is 32.9 Å². The van der Waals surface area contributed by atoms with Gasteiger partial charge in [-0.15, -0.1) is 11.8 Å². The molecule has 0 spiro atoms. The molecule has 6 nitrogen and oxygen atoms in total. The molecule has 8 heteroatoms. The first kappa shape index (κ1) is 25.9. The minimum Gasteiger partial charge on any atom is -0.352 e. The molecule has 0 saturated heterocycles. The van der Waals surface area contributed by atoms with Crippen LogP contribution in [0.3, 0.4) is 0 Å². The first-order valence-corrected chi connectivity index (χ1v) is 13.2. The first-order valence-electron chi connectivity index (χ1n) is 12.1. The van der Waals surface area contributed by atoms with Gasteiger partial charge in [0, 0.05) is 17.0 Å². The van der Waals surface area contributed by atoms with Gasteiger partial charge in [-0.05, 0) is 50.6 Å². The van der Waals surface area contributed by atoms with Gasteiger partial charge in [0.2, 0.25) is 11.8 Å². The third-order valence-corrected chi connectivity index (χ3v) is 7.22. The number of nitrogens with one attached hydrogen (secondary N) is 1. The molecule has 2 amide bonds. The zero-order chi connectivity index (χ0) is 26.2. The van der Waals surface area contributed by atoms with Gasteiger partial charge in [0.1, 0.15) is 18.2 Å². The molecule has 1 N–H and O–H groups in total. The molecular formula is C28H33FN4O2S. The summed E-state index contributed by atoms with van der Waals surface area (Å²) in [4.78, 5) is 28.0. The van der Waals surface area contributed by atoms with Crippen molar-refractivity contribution in [1.29, 1.82) is 0 Å². The number of hydrogen-bond acceptors (Lipinski definition) is 4. The highest BCUT2D eigenvalue weighted by Crippen LogP contribution is 2.48. The average Bonchev–Trinajstić information content (AvgIpc) is 3.12. The second-order valence-electron chi connectivity index (χ2n) is 10.5. The number of nitrogens with zero attached hydrogens (tertiary/aromatic N) is 3. The molecule has 190 valence electrons. The SMILES string of the molecule is Cc1cccc(C2SCC(=O)N(CC(=O)NC(C)C)c3c2c(C(C)(C)C)nn3-c2ccc(F)cc2)c1. The predicted octanol–water partition coefficient (Wildman–Crippen LogP) is 5.31. The van der Waals surface area contributed by atoms with Crippen LogP contribution >= 0.6 is 11.8 Å². The van der Waals surface area contributed by atoms with Crippen molar-refractivity contribution < 1.29 is 14.0 Å². The van der Waals surface area contributed by atoms with Crippen LogP contribution in [0.5, 0.6) is 0 Å². The molecule has 1 unspecified atom stereocenters. The van der Waals surface area contributed by atoms with Crippen molar-refractivity contribution in [2.24, 2.45) is 0 Å². The lowest BCUT2D eigenvalue weighted by molar-refractivity contribution is -0.123. The molecule has 1 aliphatic heterocycles. The number of rotatable bonds is 5. The lowest BCUT2D eigenvalue weighted by Gasteiger charge is -2.25. The van der Waals surface area contributed by atoms with Crippen LogP contribution < -0.4 is 10.2 Å². The smallest absolute Gasteiger partial charge is 0.240 e. The normalized spacial score (nSPS) is 16.2. The molecule has 2 aromatic carbocycles. The second-order valence-corrected chi connectivity index (χ2v) is 11.6. The molecular weight excluding hydrogens is 475 g/mol. The zero-order valence-electron chi connectivity index (χ0n) is 21.6. The maximum absolute atomic E-state index is 13.8. The fourth-order valence-electron chi connectivity index (χ4n) is 4.44. The number of thioether (sulfide) groups is 1. The summed E-state index contributed by atoms with van der Waals surface area (Å²) in [5, 5.41) is 7.75. The Morgan fingerprint density at radius 3 is 2.50 bits per heavy atom. The highest BCUT2D eigenvalue weighted by atomic mass is 32.2. The van der Waals surface area contributed by atoms with Crippen molar-refractivity contribution in [3.8, 4) is 5.69 Å². The zero-order valence-corrected chi connectivity index (χ0v) is 22.4. The molecule has 0 bridgehead atoms. The molecule has 0 fully saturated rings. The maximum atomic E-state index is 13.8. The van der Waals surface area contributed by atoms with E-state index in [4.69, 9.17) is 5.10 Å². The van der Waals surface area contributed by atoms with Crippen LogP contribution in [-0.2, 0) is 15.0 Å². The molecule has 0 saturated carbocycles. The summed E-state index contributed by atoms with van der Waals surface area (Å²) < 4.78 is 15.5. The summed E-state index contributed by atoms with van der Waals surface area (Å²) in [6.45, 7) is 12.0. The van der Waals surface area contributed by atoms with Crippen LogP contribution in [0.1, 0.15) is 62.3 Å².